The summed E-state index contributed by atoms with van der Waals surface area (Å²) in [5, 5.41) is 21.3. The van der Waals surface area contributed by atoms with E-state index in [-0.39, 0.29) is 18.1 Å². The van der Waals surface area contributed by atoms with E-state index in [9.17, 15) is 14.7 Å². The van der Waals surface area contributed by atoms with Crippen molar-refractivity contribution in [2.45, 2.75) is 39.7 Å². The van der Waals surface area contributed by atoms with Gasteiger partial charge in [-0.3, -0.25) is 4.79 Å². The van der Waals surface area contributed by atoms with E-state index < -0.39 is 12.0 Å². The van der Waals surface area contributed by atoms with E-state index in [4.69, 9.17) is 5.11 Å². The van der Waals surface area contributed by atoms with Gasteiger partial charge in [0.25, 0.3) is 0 Å². The summed E-state index contributed by atoms with van der Waals surface area (Å²) in [6.45, 7) is 5.23. The number of hydrogen-bond acceptors (Lipinski definition) is 3. The van der Waals surface area contributed by atoms with Crippen LogP contribution in [0.15, 0.2) is 29.8 Å². The molecule has 0 aliphatic carbocycles. The van der Waals surface area contributed by atoms with Crippen molar-refractivity contribution in [1.82, 2.24) is 5.32 Å². The zero-order chi connectivity index (χ0) is 16.0. The fourth-order valence-corrected chi connectivity index (χ4v) is 1.92. The van der Waals surface area contributed by atoms with Gasteiger partial charge in [-0.1, -0.05) is 23.8 Å². The molecule has 1 rings (SSSR count). The molecule has 0 spiro atoms. The maximum Gasteiger partial charge on any atom is 0.326 e. The third-order valence-corrected chi connectivity index (χ3v) is 2.99. The number of phenolic OH excluding ortho intramolecular Hbond substituents is 1. The van der Waals surface area contributed by atoms with Gasteiger partial charge in [-0.25, -0.2) is 4.79 Å². The van der Waals surface area contributed by atoms with Gasteiger partial charge >= 0.3 is 5.97 Å². The Bertz CT molecular complexity index is 559. The molecule has 0 bridgehead atoms. The molecule has 114 valence electrons. The summed E-state index contributed by atoms with van der Waals surface area (Å²) in [5.41, 5.74) is 2.63. The first-order chi connectivity index (χ1) is 9.79. The van der Waals surface area contributed by atoms with Gasteiger partial charge in [0.2, 0.25) is 5.91 Å². The van der Waals surface area contributed by atoms with Crippen molar-refractivity contribution in [2.24, 2.45) is 0 Å². The number of aliphatic carboxylic acids is 1. The molecule has 1 aromatic carbocycles. The standard InChI is InChI=1S/C16H21NO4/c1-10(2)4-6-13-8-12(5-7-15(13)19)9-14(16(20)21)17-11(3)18/h4-5,7-8,14,19H,6,9H2,1-3H3,(H,17,18)(H,20,21). The van der Waals surface area contributed by atoms with Crippen LogP contribution < -0.4 is 5.32 Å². The number of carboxylic acids is 1. The Morgan fingerprint density at radius 1 is 1.29 bits per heavy atom. The van der Waals surface area contributed by atoms with Crippen LogP contribution in [0.3, 0.4) is 0 Å². The Morgan fingerprint density at radius 3 is 2.48 bits per heavy atom. The van der Waals surface area contributed by atoms with Crippen LogP contribution in [0.4, 0.5) is 0 Å². The highest BCUT2D eigenvalue weighted by atomic mass is 16.4. The molecule has 0 radical (unpaired) electrons. The van der Waals surface area contributed by atoms with Crippen molar-refractivity contribution in [3.63, 3.8) is 0 Å². The largest absolute Gasteiger partial charge is 0.508 e. The van der Waals surface area contributed by atoms with Crippen LogP contribution in [-0.4, -0.2) is 28.1 Å². The Labute approximate surface area is 124 Å². The summed E-state index contributed by atoms with van der Waals surface area (Å²) in [7, 11) is 0. The normalized spacial score (nSPS) is 11.6. The van der Waals surface area contributed by atoms with Crippen molar-refractivity contribution < 1.29 is 19.8 Å². The quantitative estimate of drug-likeness (QED) is 0.700. The van der Waals surface area contributed by atoms with Gasteiger partial charge in [0, 0.05) is 13.3 Å². The Kier molecular flexibility index (Phi) is 5.96. The van der Waals surface area contributed by atoms with E-state index in [0.717, 1.165) is 16.7 Å². The number of rotatable bonds is 6. The van der Waals surface area contributed by atoms with Crippen molar-refractivity contribution in [3.8, 4) is 5.75 Å². The lowest BCUT2D eigenvalue weighted by molar-refractivity contribution is -0.141. The van der Waals surface area contributed by atoms with Crippen LogP contribution in [0.1, 0.15) is 31.9 Å². The second-order valence-electron chi connectivity index (χ2n) is 5.24. The minimum Gasteiger partial charge on any atom is -0.508 e. The second-order valence-corrected chi connectivity index (χ2v) is 5.24. The molecule has 5 heteroatoms. The molecular formula is C16H21NO4. The van der Waals surface area contributed by atoms with Crippen LogP contribution in [0.5, 0.6) is 5.75 Å². The highest BCUT2D eigenvalue weighted by Crippen LogP contribution is 2.21. The Morgan fingerprint density at radius 2 is 1.95 bits per heavy atom. The molecule has 1 atom stereocenters. The van der Waals surface area contributed by atoms with Crippen molar-refractivity contribution in [3.05, 3.63) is 41.0 Å². The minimum atomic E-state index is -1.08. The van der Waals surface area contributed by atoms with Gasteiger partial charge in [0.15, 0.2) is 0 Å². The number of nitrogens with one attached hydrogen (secondary N) is 1. The molecule has 3 N–H and O–H groups in total. The molecule has 1 amide bonds. The molecule has 0 heterocycles. The number of carbonyl (C=O) groups is 2. The predicted molar refractivity (Wildman–Crippen MR) is 80.2 cm³/mol. The summed E-state index contributed by atoms with van der Waals surface area (Å²) < 4.78 is 0. The number of allylic oxidation sites excluding steroid dienone is 2. The zero-order valence-electron chi connectivity index (χ0n) is 12.5. The molecule has 0 fully saturated rings. The molecule has 0 saturated heterocycles. The molecular weight excluding hydrogens is 270 g/mol. The third-order valence-electron chi connectivity index (χ3n) is 2.99. The Balaban J connectivity index is 2.92. The first-order valence-corrected chi connectivity index (χ1v) is 6.73. The van der Waals surface area contributed by atoms with Crippen LogP contribution >= 0.6 is 0 Å². The summed E-state index contributed by atoms with van der Waals surface area (Å²) >= 11 is 0. The van der Waals surface area contributed by atoms with Crippen LogP contribution in [0, 0.1) is 0 Å². The summed E-state index contributed by atoms with van der Waals surface area (Å²) in [6.07, 6.45) is 2.75. The maximum absolute atomic E-state index is 11.1. The fourth-order valence-electron chi connectivity index (χ4n) is 1.92. The maximum atomic E-state index is 11.1. The van der Waals surface area contributed by atoms with Crippen LogP contribution in [0.2, 0.25) is 0 Å². The summed E-state index contributed by atoms with van der Waals surface area (Å²) in [4.78, 5) is 22.2. The van der Waals surface area contributed by atoms with Crippen molar-refractivity contribution in [2.75, 3.05) is 0 Å². The molecule has 21 heavy (non-hydrogen) atoms. The SMILES string of the molecule is CC(=O)NC(Cc1ccc(O)c(CC=C(C)C)c1)C(=O)O. The number of carbonyl (C=O) groups excluding carboxylic acids is 1. The number of carboxylic acid groups (broad SMARTS) is 1. The number of benzene rings is 1. The average molecular weight is 291 g/mol. The van der Waals surface area contributed by atoms with E-state index in [1.54, 1.807) is 18.2 Å². The lowest BCUT2D eigenvalue weighted by Crippen LogP contribution is -2.41. The zero-order valence-corrected chi connectivity index (χ0v) is 12.5. The topological polar surface area (TPSA) is 86.6 Å². The summed E-state index contributed by atoms with van der Waals surface area (Å²) in [5.74, 6) is -1.28. The van der Waals surface area contributed by atoms with E-state index in [1.165, 1.54) is 6.92 Å². The van der Waals surface area contributed by atoms with Crippen molar-refractivity contribution >= 4 is 11.9 Å². The van der Waals surface area contributed by atoms with Crippen LogP contribution in [-0.2, 0) is 22.4 Å². The lowest BCUT2D eigenvalue weighted by atomic mass is 10.0. The highest BCUT2D eigenvalue weighted by Gasteiger charge is 2.19. The van der Waals surface area contributed by atoms with Gasteiger partial charge in [-0.2, -0.15) is 0 Å². The minimum absolute atomic E-state index is 0.178. The molecule has 0 aliphatic heterocycles. The molecule has 5 nitrogen and oxygen atoms in total. The van der Waals surface area contributed by atoms with Gasteiger partial charge in [0.05, 0.1) is 0 Å². The number of hydrogen-bond donors (Lipinski definition) is 3. The lowest BCUT2D eigenvalue weighted by Gasteiger charge is -2.14. The van der Waals surface area contributed by atoms with Crippen LogP contribution in [0.25, 0.3) is 0 Å². The smallest absolute Gasteiger partial charge is 0.326 e. The van der Waals surface area contributed by atoms with E-state index in [2.05, 4.69) is 5.32 Å². The molecule has 0 aromatic heterocycles. The Hall–Kier alpha value is -2.30. The van der Waals surface area contributed by atoms with Gasteiger partial charge in [-0.05, 0) is 37.5 Å². The molecule has 1 aromatic rings. The van der Waals surface area contributed by atoms with Gasteiger partial charge in [-0.15, -0.1) is 0 Å². The summed E-state index contributed by atoms with van der Waals surface area (Å²) in [6, 6.07) is 4.02. The first-order valence-electron chi connectivity index (χ1n) is 6.73. The highest BCUT2D eigenvalue weighted by molar-refractivity contribution is 5.82. The van der Waals surface area contributed by atoms with Crippen molar-refractivity contribution in [1.29, 1.82) is 0 Å². The number of amides is 1. The number of phenols is 1. The monoisotopic (exact) mass is 291 g/mol. The van der Waals surface area contributed by atoms with Gasteiger partial charge in [0.1, 0.15) is 11.8 Å². The third kappa shape index (κ3) is 5.69. The fraction of sp³-hybridized carbons (Fsp3) is 0.375. The number of aromatic hydroxyl groups is 1. The predicted octanol–water partition coefficient (Wildman–Crippen LogP) is 2.03. The average Bonchev–Trinajstić information content (AvgIpc) is 2.37. The second kappa shape index (κ2) is 7.47. The van der Waals surface area contributed by atoms with E-state index in [1.807, 2.05) is 19.9 Å². The molecule has 0 saturated carbocycles. The van der Waals surface area contributed by atoms with E-state index in [0.29, 0.717) is 6.42 Å². The molecule has 0 aliphatic rings. The first kappa shape index (κ1) is 16.8. The van der Waals surface area contributed by atoms with E-state index >= 15 is 0 Å². The molecule has 1 unspecified atom stereocenters. The van der Waals surface area contributed by atoms with Gasteiger partial charge < -0.3 is 15.5 Å².